The zero-order valence-corrected chi connectivity index (χ0v) is 11.4. The van der Waals surface area contributed by atoms with Crippen LogP contribution < -0.4 is 11.1 Å². The average Bonchev–Trinajstić information content (AvgIpc) is 2.48. The molecule has 0 saturated carbocycles. The number of amides is 2. The quantitative estimate of drug-likeness (QED) is 0.793. The van der Waals surface area contributed by atoms with Crippen LogP contribution in [0.1, 0.15) is 0 Å². The first-order valence-electron chi connectivity index (χ1n) is 6.74. The van der Waals surface area contributed by atoms with Gasteiger partial charge in [-0.15, -0.1) is 0 Å². The molecule has 0 bridgehead atoms. The maximum atomic E-state index is 11.9. The lowest BCUT2D eigenvalue weighted by atomic mass is 10.3. The number of nitrogens with two attached hydrogens (primary N) is 1. The Kier molecular flexibility index (Phi) is 5.09. The van der Waals surface area contributed by atoms with E-state index in [4.69, 9.17) is 5.73 Å². The maximum absolute atomic E-state index is 11.9. The fourth-order valence-electron chi connectivity index (χ4n) is 2.21. The minimum Gasteiger partial charge on any atom is -0.339 e. The Hall–Kier alpha value is -1.92. The lowest BCUT2D eigenvalue weighted by Crippen LogP contribution is -2.51. The summed E-state index contributed by atoms with van der Waals surface area (Å²) < 4.78 is 0. The number of nitrogens with one attached hydrogen (secondary N) is 1. The van der Waals surface area contributed by atoms with Gasteiger partial charge in [-0.3, -0.25) is 14.5 Å². The molecule has 1 aromatic carbocycles. The molecule has 20 heavy (non-hydrogen) atoms. The van der Waals surface area contributed by atoms with Crippen molar-refractivity contribution in [1.82, 2.24) is 9.80 Å². The highest BCUT2D eigenvalue weighted by Gasteiger charge is 2.21. The molecule has 0 spiro atoms. The molecule has 2 rings (SSSR count). The molecule has 0 aliphatic carbocycles. The second-order valence-corrected chi connectivity index (χ2v) is 4.78. The molecule has 0 aromatic heterocycles. The van der Waals surface area contributed by atoms with E-state index in [0.717, 1.165) is 5.69 Å². The van der Waals surface area contributed by atoms with E-state index >= 15 is 0 Å². The van der Waals surface area contributed by atoms with Gasteiger partial charge in [0, 0.05) is 31.9 Å². The van der Waals surface area contributed by atoms with Gasteiger partial charge >= 0.3 is 0 Å². The molecule has 1 fully saturated rings. The summed E-state index contributed by atoms with van der Waals surface area (Å²) in [5.74, 6) is -0.0619. The van der Waals surface area contributed by atoms with E-state index in [0.29, 0.717) is 32.7 Å². The summed E-state index contributed by atoms with van der Waals surface area (Å²) in [4.78, 5) is 27.1. The number of rotatable bonds is 4. The summed E-state index contributed by atoms with van der Waals surface area (Å²) in [7, 11) is 0. The van der Waals surface area contributed by atoms with Crippen LogP contribution >= 0.6 is 0 Å². The Morgan fingerprint density at radius 3 is 2.35 bits per heavy atom. The van der Waals surface area contributed by atoms with Crippen LogP contribution in [0.25, 0.3) is 0 Å². The first-order valence-corrected chi connectivity index (χ1v) is 6.74. The van der Waals surface area contributed by atoms with E-state index in [-0.39, 0.29) is 18.4 Å². The van der Waals surface area contributed by atoms with Crippen LogP contribution in [-0.2, 0) is 9.59 Å². The standard InChI is InChI=1S/C14H20N4O2/c15-10-14(20)18-8-6-17(7-9-18)11-13(19)16-12-4-2-1-3-5-12/h1-5H,6-11,15H2,(H,16,19). The van der Waals surface area contributed by atoms with E-state index < -0.39 is 0 Å². The SMILES string of the molecule is NCC(=O)N1CCN(CC(=O)Nc2ccccc2)CC1. The molecule has 1 aliphatic rings. The topological polar surface area (TPSA) is 78.7 Å². The molecule has 0 unspecified atom stereocenters. The largest absolute Gasteiger partial charge is 0.339 e. The van der Waals surface area contributed by atoms with Crippen LogP contribution in [0.15, 0.2) is 30.3 Å². The smallest absolute Gasteiger partial charge is 0.238 e. The van der Waals surface area contributed by atoms with Crippen molar-refractivity contribution in [2.75, 3.05) is 44.6 Å². The molecule has 0 radical (unpaired) electrons. The summed E-state index contributed by atoms with van der Waals surface area (Å²) in [5.41, 5.74) is 6.14. The van der Waals surface area contributed by atoms with E-state index in [9.17, 15) is 9.59 Å². The number of hydrogen-bond donors (Lipinski definition) is 2. The van der Waals surface area contributed by atoms with Gasteiger partial charge in [-0.2, -0.15) is 0 Å². The summed E-state index contributed by atoms with van der Waals surface area (Å²) >= 11 is 0. The minimum absolute atomic E-state index is 0.0293. The number of carbonyl (C=O) groups excluding carboxylic acids is 2. The summed E-state index contributed by atoms with van der Waals surface area (Å²) in [6.07, 6.45) is 0. The Morgan fingerprint density at radius 1 is 1.10 bits per heavy atom. The van der Waals surface area contributed by atoms with Crippen molar-refractivity contribution >= 4 is 17.5 Å². The average molecular weight is 276 g/mol. The molecule has 108 valence electrons. The van der Waals surface area contributed by atoms with Gasteiger partial charge in [-0.1, -0.05) is 18.2 Å². The van der Waals surface area contributed by atoms with Crippen LogP contribution in [0.4, 0.5) is 5.69 Å². The third-order valence-corrected chi connectivity index (χ3v) is 3.32. The predicted molar refractivity (Wildman–Crippen MR) is 77.1 cm³/mol. The number of para-hydroxylation sites is 1. The van der Waals surface area contributed by atoms with Gasteiger partial charge in [0.2, 0.25) is 11.8 Å². The summed E-state index contributed by atoms with van der Waals surface area (Å²) in [5, 5.41) is 2.85. The molecule has 0 atom stereocenters. The second-order valence-electron chi connectivity index (χ2n) is 4.78. The third kappa shape index (κ3) is 4.04. The van der Waals surface area contributed by atoms with Crippen molar-refractivity contribution in [2.45, 2.75) is 0 Å². The number of benzene rings is 1. The van der Waals surface area contributed by atoms with Gasteiger partial charge < -0.3 is 16.0 Å². The van der Waals surface area contributed by atoms with Crippen molar-refractivity contribution in [1.29, 1.82) is 0 Å². The molecule has 1 aromatic rings. The highest BCUT2D eigenvalue weighted by molar-refractivity contribution is 5.92. The van der Waals surface area contributed by atoms with Crippen molar-refractivity contribution in [3.8, 4) is 0 Å². The van der Waals surface area contributed by atoms with Crippen molar-refractivity contribution < 1.29 is 9.59 Å². The Balaban J connectivity index is 1.75. The number of nitrogens with zero attached hydrogens (tertiary/aromatic N) is 2. The lowest BCUT2D eigenvalue weighted by Gasteiger charge is -2.34. The van der Waals surface area contributed by atoms with Crippen molar-refractivity contribution in [3.05, 3.63) is 30.3 Å². The maximum Gasteiger partial charge on any atom is 0.238 e. The van der Waals surface area contributed by atoms with Crippen LogP contribution in [0.5, 0.6) is 0 Å². The van der Waals surface area contributed by atoms with Crippen LogP contribution in [-0.4, -0.2) is 60.9 Å². The fourth-order valence-corrected chi connectivity index (χ4v) is 2.21. The van der Waals surface area contributed by atoms with Gasteiger partial charge in [-0.05, 0) is 12.1 Å². The van der Waals surface area contributed by atoms with E-state index in [1.165, 1.54) is 0 Å². The second kappa shape index (κ2) is 7.02. The Morgan fingerprint density at radius 2 is 1.75 bits per heavy atom. The highest BCUT2D eigenvalue weighted by atomic mass is 16.2. The van der Waals surface area contributed by atoms with Crippen LogP contribution in [0, 0.1) is 0 Å². The highest BCUT2D eigenvalue weighted by Crippen LogP contribution is 2.06. The fraction of sp³-hybridized carbons (Fsp3) is 0.429. The van der Waals surface area contributed by atoms with Gasteiger partial charge in [0.05, 0.1) is 13.1 Å². The lowest BCUT2D eigenvalue weighted by molar-refractivity contribution is -0.131. The molecule has 6 heteroatoms. The summed E-state index contributed by atoms with van der Waals surface area (Å²) in [6.45, 7) is 3.07. The Bertz CT molecular complexity index is 456. The molecule has 6 nitrogen and oxygen atoms in total. The van der Waals surface area contributed by atoms with Crippen molar-refractivity contribution in [2.24, 2.45) is 5.73 Å². The van der Waals surface area contributed by atoms with Gasteiger partial charge in [0.1, 0.15) is 0 Å². The van der Waals surface area contributed by atoms with Gasteiger partial charge in [0.15, 0.2) is 0 Å². The monoisotopic (exact) mass is 276 g/mol. The zero-order chi connectivity index (χ0) is 14.4. The zero-order valence-electron chi connectivity index (χ0n) is 11.4. The number of anilines is 1. The van der Waals surface area contributed by atoms with Crippen molar-refractivity contribution in [3.63, 3.8) is 0 Å². The van der Waals surface area contributed by atoms with Gasteiger partial charge in [-0.25, -0.2) is 0 Å². The first-order chi connectivity index (χ1) is 9.69. The number of carbonyl (C=O) groups is 2. The molecule has 1 heterocycles. The number of piperazine rings is 1. The van der Waals surface area contributed by atoms with E-state index in [1.54, 1.807) is 4.90 Å². The first kappa shape index (κ1) is 14.5. The third-order valence-electron chi connectivity index (χ3n) is 3.32. The minimum atomic E-state index is -0.0326. The molecular formula is C14H20N4O2. The van der Waals surface area contributed by atoms with E-state index in [1.807, 2.05) is 35.2 Å². The molecule has 1 saturated heterocycles. The van der Waals surface area contributed by atoms with Gasteiger partial charge in [0.25, 0.3) is 0 Å². The normalized spacial score (nSPS) is 15.9. The van der Waals surface area contributed by atoms with E-state index in [2.05, 4.69) is 5.32 Å². The molecule has 1 aliphatic heterocycles. The van der Waals surface area contributed by atoms with Crippen LogP contribution in [0.3, 0.4) is 0 Å². The Labute approximate surface area is 118 Å². The number of hydrogen-bond acceptors (Lipinski definition) is 4. The molecule has 3 N–H and O–H groups in total. The molecular weight excluding hydrogens is 256 g/mol. The van der Waals surface area contributed by atoms with Crippen LogP contribution in [0.2, 0.25) is 0 Å². The summed E-state index contributed by atoms with van der Waals surface area (Å²) in [6, 6.07) is 9.38. The molecule has 2 amide bonds. The predicted octanol–water partition coefficient (Wildman–Crippen LogP) is -0.272.